The first kappa shape index (κ1) is 15.2. The van der Waals surface area contributed by atoms with Crippen LogP contribution in [0.4, 0.5) is 0 Å². The summed E-state index contributed by atoms with van der Waals surface area (Å²) in [5.41, 5.74) is 0. The van der Waals surface area contributed by atoms with Crippen molar-refractivity contribution >= 4 is 12.6 Å². The van der Waals surface area contributed by atoms with Crippen molar-refractivity contribution in [1.82, 2.24) is 4.90 Å². The van der Waals surface area contributed by atoms with Crippen LogP contribution < -0.4 is 0 Å². The summed E-state index contributed by atoms with van der Waals surface area (Å²) in [6, 6.07) is 0. The minimum atomic E-state index is 0.813. The van der Waals surface area contributed by atoms with Gasteiger partial charge < -0.3 is 14.4 Å². The quantitative estimate of drug-likeness (QED) is 0.435. The fourth-order valence-corrected chi connectivity index (χ4v) is 1.66. The molecule has 0 saturated heterocycles. The second-order valence-corrected chi connectivity index (χ2v) is 4.06. The van der Waals surface area contributed by atoms with Crippen molar-refractivity contribution in [2.24, 2.45) is 0 Å². The van der Waals surface area contributed by atoms with Gasteiger partial charge in [0.05, 0.1) is 6.61 Å². The highest BCUT2D eigenvalue weighted by Crippen LogP contribution is 1.98. The Kier molecular flexibility index (Phi) is 12.5. The molecule has 3 nitrogen and oxygen atoms in total. The van der Waals surface area contributed by atoms with Gasteiger partial charge in [0.15, 0.2) is 0 Å². The predicted octanol–water partition coefficient (Wildman–Crippen LogP) is 1.68. The van der Waals surface area contributed by atoms with Crippen LogP contribution in [-0.4, -0.2) is 57.7 Å². The maximum Gasteiger partial charge on any atom is 0.0589 e. The zero-order chi connectivity index (χ0) is 11.4. The lowest BCUT2D eigenvalue weighted by molar-refractivity contribution is 0.132. The third kappa shape index (κ3) is 10.5. The number of thiol groups is 1. The van der Waals surface area contributed by atoms with Gasteiger partial charge >= 0.3 is 0 Å². The number of methoxy groups -OCH3 is 2. The fourth-order valence-electron chi connectivity index (χ4n) is 1.44. The number of hydrogen-bond donors (Lipinski definition) is 1. The van der Waals surface area contributed by atoms with Gasteiger partial charge in [-0.2, -0.15) is 12.6 Å². The highest BCUT2D eigenvalue weighted by molar-refractivity contribution is 7.80. The Bertz CT molecular complexity index is 115. The van der Waals surface area contributed by atoms with Crippen molar-refractivity contribution in [3.8, 4) is 0 Å². The van der Waals surface area contributed by atoms with Crippen molar-refractivity contribution in [1.29, 1.82) is 0 Å². The van der Waals surface area contributed by atoms with Gasteiger partial charge in [-0.1, -0.05) is 0 Å². The molecular weight excluding hydrogens is 210 g/mol. The first-order chi connectivity index (χ1) is 7.35. The fraction of sp³-hybridized carbons (Fsp3) is 1.00. The monoisotopic (exact) mass is 235 g/mol. The molecule has 0 saturated carbocycles. The summed E-state index contributed by atoms with van der Waals surface area (Å²) in [4.78, 5) is 2.44. The van der Waals surface area contributed by atoms with E-state index in [1.165, 1.54) is 12.8 Å². The molecule has 0 N–H and O–H groups in total. The molecule has 0 bridgehead atoms. The molecule has 15 heavy (non-hydrogen) atoms. The Labute approximate surface area is 99.5 Å². The third-order valence-corrected chi connectivity index (χ3v) is 2.63. The molecule has 0 spiro atoms. The van der Waals surface area contributed by atoms with Gasteiger partial charge in [-0.25, -0.2) is 0 Å². The summed E-state index contributed by atoms with van der Waals surface area (Å²) in [6.45, 7) is 4.92. The maximum absolute atomic E-state index is 5.10. The van der Waals surface area contributed by atoms with Crippen LogP contribution in [0.2, 0.25) is 0 Å². The average Bonchev–Trinajstić information content (AvgIpc) is 2.25. The number of nitrogens with zero attached hydrogens (tertiary/aromatic N) is 1. The molecule has 0 aliphatic carbocycles. The van der Waals surface area contributed by atoms with Crippen molar-refractivity contribution < 1.29 is 9.47 Å². The number of ether oxygens (including phenoxy) is 2. The first-order valence-corrected chi connectivity index (χ1v) is 6.29. The first-order valence-electron chi connectivity index (χ1n) is 5.66. The Morgan fingerprint density at radius 1 is 0.867 bits per heavy atom. The van der Waals surface area contributed by atoms with Gasteiger partial charge in [-0.3, -0.25) is 0 Å². The molecule has 0 aromatic carbocycles. The van der Waals surface area contributed by atoms with Crippen LogP contribution in [-0.2, 0) is 9.47 Å². The molecule has 0 unspecified atom stereocenters. The number of hydrogen-bond acceptors (Lipinski definition) is 4. The van der Waals surface area contributed by atoms with Gasteiger partial charge in [0.2, 0.25) is 0 Å². The van der Waals surface area contributed by atoms with E-state index in [0.717, 1.165) is 45.0 Å². The van der Waals surface area contributed by atoms with Crippen LogP contribution in [0.15, 0.2) is 0 Å². The lowest BCUT2D eigenvalue weighted by Crippen LogP contribution is -2.30. The molecule has 0 aliphatic heterocycles. The normalized spacial score (nSPS) is 11.2. The van der Waals surface area contributed by atoms with Crippen molar-refractivity contribution in [3.05, 3.63) is 0 Å². The average molecular weight is 235 g/mol. The van der Waals surface area contributed by atoms with E-state index >= 15 is 0 Å². The summed E-state index contributed by atoms with van der Waals surface area (Å²) >= 11 is 4.22. The van der Waals surface area contributed by atoms with Gasteiger partial charge in [0.1, 0.15) is 0 Å². The third-order valence-electron chi connectivity index (χ3n) is 2.32. The van der Waals surface area contributed by atoms with Crippen LogP contribution in [0.1, 0.15) is 19.3 Å². The lowest BCUT2D eigenvalue weighted by Gasteiger charge is -2.21. The van der Waals surface area contributed by atoms with E-state index in [1.807, 2.05) is 0 Å². The molecule has 0 aromatic rings. The molecule has 0 heterocycles. The standard InChI is InChI=1S/C11H25NO2S/c1-13-9-5-7-12(8-10-14-2)6-3-4-11-15/h15H,3-11H2,1-2H3. The molecule has 0 aliphatic rings. The molecule has 0 fully saturated rings. The summed E-state index contributed by atoms with van der Waals surface area (Å²) in [5, 5.41) is 0. The largest absolute Gasteiger partial charge is 0.385 e. The summed E-state index contributed by atoms with van der Waals surface area (Å²) in [6.07, 6.45) is 3.51. The Hall–Kier alpha value is 0.230. The molecule has 0 radical (unpaired) electrons. The molecule has 0 rings (SSSR count). The smallest absolute Gasteiger partial charge is 0.0589 e. The molecule has 4 heteroatoms. The predicted molar refractivity (Wildman–Crippen MR) is 67.9 cm³/mol. The second-order valence-electron chi connectivity index (χ2n) is 3.61. The summed E-state index contributed by atoms with van der Waals surface area (Å²) < 4.78 is 10.1. The number of unbranched alkanes of at least 4 members (excludes halogenated alkanes) is 1. The van der Waals surface area contributed by atoms with E-state index in [4.69, 9.17) is 9.47 Å². The van der Waals surface area contributed by atoms with E-state index in [1.54, 1.807) is 14.2 Å². The van der Waals surface area contributed by atoms with Crippen LogP contribution >= 0.6 is 12.6 Å². The van der Waals surface area contributed by atoms with Crippen molar-refractivity contribution in [2.75, 3.05) is 52.8 Å². The van der Waals surface area contributed by atoms with Crippen molar-refractivity contribution in [3.63, 3.8) is 0 Å². The highest BCUT2D eigenvalue weighted by atomic mass is 32.1. The lowest BCUT2D eigenvalue weighted by atomic mass is 10.3. The van der Waals surface area contributed by atoms with Crippen LogP contribution in [0.5, 0.6) is 0 Å². The minimum absolute atomic E-state index is 0.813. The second kappa shape index (κ2) is 12.3. The zero-order valence-electron chi connectivity index (χ0n) is 10.1. The van der Waals surface area contributed by atoms with E-state index in [-0.39, 0.29) is 0 Å². The summed E-state index contributed by atoms with van der Waals surface area (Å²) in [5.74, 6) is 0.982. The van der Waals surface area contributed by atoms with Crippen LogP contribution in [0.3, 0.4) is 0 Å². The van der Waals surface area contributed by atoms with Crippen molar-refractivity contribution in [2.45, 2.75) is 19.3 Å². The zero-order valence-corrected chi connectivity index (χ0v) is 11.0. The number of rotatable bonds is 11. The van der Waals surface area contributed by atoms with E-state index < -0.39 is 0 Å². The SMILES string of the molecule is COCCCN(CCCCS)CCOC. The Balaban J connectivity index is 3.53. The Morgan fingerprint density at radius 2 is 1.53 bits per heavy atom. The molecule has 0 aromatic heterocycles. The van der Waals surface area contributed by atoms with Crippen LogP contribution in [0, 0.1) is 0 Å². The maximum atomic E-state index is 5.10. The van der Waals surface area contributed by atoms with E-state index in [0.29, 0.717) is 0 Å². The van der Waals surface area contributed by atoms with Gasteiger partial charge in [-0.15, -0.1) is 0 Å². The van der Waals surface area contributed by atoms with Gasteiger partial charge in [0.25, 0.3) is 0 Å². The molecule has 0 atom stereocenters. The minimum Gasteiger partial charge on any atom is -0.385 e. The molecule has 0 amide bonds. The van der Waals surface area contributed by atoms with E-state index in [9.17, 15) is 0 Å². The topological polar surface area (TPSA) is 21.7 Å². The van der Waals surface area contributed by atoms with E-state index in [2.05, 4.69) is 17.5 Å². The molecule has 92 valence electrons. The summed E-state index contributed by atoms with van der Waals surface area (Å²) in [7, 11) is 3.50. The van der Waals surface area contributed by atoms with Crippen LogP contribution in [0.25, 0.3) is 0 Å². The van der Waals surface area contributed by atoms with Gasteiger partial charge in [-0.05, 0) is 31.6 Å². The highest BCUT2D eigenvalue weighted by Gasteiger charge is 2.03. The molecular formula is C11H25NO2S. The van der Waals surface area contributed by atoms with Gasteiger partial charge in [0, 0.05) is 33.9 Å². The Morgan fingerprint density at radius 3 is 2.13 bits per heavy atom.